The molecule has 0 saturated carbocycles. The van der Waals surface area contributed by atoms with E-state index in [9.17, 15) is 18.0 Å². The van der Waals surface area contributed by atoms with E-state index in [0.717, 1.165) is 6.07 Å². The summed E-state index contributed by atoms with van der Waals surface area (Å²) in [5, 5.41) is 3.66. The first kappa shape index (κ1) is 16.5. The standard InChI is InChI=1S/C16H16F3N3O2/c1-22-6-4-10(5-7-22)12-3-2-11(8-13(12)16(17,18)19)15-21-20-14(23)9-24-15/h2-4,8H,5-7,9H2,1H3,(H,20,23). The molecule has 0 bridgehead atoms. The molecule has 3 rings (SSSR count). The molecule has 1 amide bonds. The third kappa shape index (κ3) is 3.43. The van der Waals surface area contributed by atoms with Gasteiger partial charge in [-0.3, -0.25) is 4.79 Å². The molecule has 0 unspecified atom stereocenters. The number of ether oxygens (including phenoxy) is 1. The second-order valence-electron chi connectivity index (χ2n) is 5.74. The van der Waals surface area contributed by atoms with Crippen LogP contribution < -0.4 is 5.43 Å². The number of hydrogen-bond acceptors (Lipinski definition) is 4. The van der Waals surface area contributed by atoms with Crippen molar-refractivity contribution in [1.82, 2.24) is 10.3 Å². The van der Waals surface area contributed by atoms with Gasteiger partial charge in [-0.05, 0) is 36.7 Å². The first-order valence-electron chi connectivity index (χ1n) is 7.43. The molecule has 0 fully saturated rings. The number of benzene rings is 1. The Morgan fingerprint density at radius 1 is 1.33 bits per heavy atom. The van der Waals surface area contributed by atoms with Crippen LogP contribution in [0.3, 0.4) is 0 Å². The van der Waals surface area contributed by atoms with Crippen molar-refractivity contribution in [2.75, 3.05) is 26.7 Å². The van der Waals surface area contributed by atoms with Crippen LogP contribution in [-0.2, 0) is 15.7 Å². The van der Waals surface area contributed by atoms with Crippen LogP contribution >= 0.6 is 0 Å². The number of hydrazone groups is 1. The molecule has 0 aromatic heterocycles. The van der Waals surface area contributed by atoms with Gasteiger partial charge in [0.1, 0.15) is 0 Å². The molecule has 1 aromatic carbocycles. The fourth-order valence-corrected chi connectivity index (χ4v) is 2.67. The van der Waals surface area contributed by atoms with Crippen LogP contribution in [0.2, 0.25) is 0 Å². The van der Waals surface area contributed by atoms with Gasteiger partial charge in [0.05, 0.1) is 5.56 Å². The van der Waals surface area contributed by atoms with E-state index in [2.05, 4.69) is 10.5 Å². The van der Waals surface area contributed by atoms with E-state index in [1.165, 1.54) is 12.1 Å². The van der Waals surface area contributed by atoms with Gasteiger partial charge in [-0.25, -0.2) is 5.43 Å². The zero-order valence-electron chi connectivity index (χ0n) is 13.0. The minimum Gasteiger partial charge on any atom is -0.466 e. The largest absolute Gasteiger partial charge is 0.466 e. The quantitative estimate of drug-likeness (QED) is 0.899. The Labute approximate surface area is 136 Å². The Kier molecular flexibility index (Phi) is 4.31. The summed E-state index contributed by atoms with van der Waals surface area (Å²) < 4.78 is 45.6. The first-order valence-corrected chi connectivity index (χ1v) is 7.43. The van der Waals surface area contributed by atoms with Gasteiger partial charge in [0.2, 0.25) is 5.90 Å². The van der Waals surface area contributed by atoms with E-state index in [4.69, 9.17) is 4.74 Å². The summed E-state index contributed by atoms with van der Waals surface area (Å²) in [6.07, 6.45) is -2.11. The third-order valence-electron chi connectivity index (χ3n) is 3.95. The predicted molar refractivity (Wildman–Crippen MR) is 82.2 cm³/mol. The van der Waals surface area contributed by atoms with Crippen molar-refractivity contribution in [1.29, 1.82) is 0 Å². The molecule has 128 valence electrons. The van der Waals surface area contributed by atoms with Crippen molar-refractivity contribution in [2.24, 2.45) is 5.10 Å². The predicted octanol–water partition coefficient (Wildman–Crippen LogP) is 2.23. The number of carbonyl (C=O) groups excluding carboxylic acids is 1. The van der Waals surface area contributed by atoms with Gasteiger partial charge < -0.3 is 9.64 Å². The van der Waals surface area contributed by atoms with Crippen molar-refractivity contribution in [3.8, 4) is 0 Å². The average Bonchev–Trinajstić information content (AvgIpc) is 2.55. The van der Waals surface area contributed by atoms with Crippen LogP contribution in [0, 0.1) is 0 Å². The summed E-state index contributed by atoms with van der Waals surface area (Å²) in [6.45, 7) is 1.07. The highest BCUT2D eigenvalue weighted by Gasteiger charge is 2.35. The number of hydrogen-bond donors (Lipinski definition) is 1. The molecule has 0 atom stereocenters. The van der Waals surface area contributed by atoms with E-state index in [0.29, 0.717) is 25.1 Å². The summed E-state index contributed by atoms with van der Waals surface area (Å²) >= 11 is 0. The SMILES string of the molecule is CN1CC=C(c2ccc(C3=NNC(=O)CO3)cc2C(F)(F)F)CC1. The summed E-state index contributed by atoms with van der Waals surface area (Å²) in [4.78, 5) is 13.1. The maximum Gasteiger partial charge on any atom is 0.417 e. The zero-order chi connectivity index (χ0) is 17.3. The lowest BCUT2D eigenvalue weighted by Crippen LogP contribution is -2.32. The minimum atomic E-state index is -4.49. The summed E-state index contributed by atoms with van der Waals surface area (Å²) in [5.74, 6) is -0.466. The molecule has 2 aliphatic rings. The molecule has 0 aliphatic carbocycles. The zero-order valence-corrected chi connectivity index (χ0v) is 13.0. The lowest BCUT2D eigenvalue weighted by atomic mass is 9.93. The molecule has 0 saturated heterocycles. The van der Waals surface area contributed by atoms with Crippen LogP contribution in [0.1, 0.15) is 23.1 Å². The van der Waals surface area contributed by atoms with Gasteiger partial charge in [0.15, 0.2) is 6.61 Å². The maximum atomic E-state index is 13.5. The highest BCUT2D eigenvalue weighted by molar-refractivity contribution is 5.98. The average molecular weight is 339 g/mol. The number of amides is 1. The Balaban J connectivity index is 2.00. The van der Waals surface area contributed by atoms with E-state index >= 15 is 0 Å². The molecule has 24 heavy (non-hydrogen) atoms. The van der Waals surface area contributed by atoms with Crippen LogP contribution in [0.4, 0.5) is 13.2 Å². The van der Waals surface area contributed by atoms with E-state index in [1.54, 1.807) is 0 Å². The molecule has 2 aliphatic heterocycles. The Bertz CT molecular complexity index is 726. The fraction of sp³-hybridized carbons (Fsp3) is 0.375. The number of rotatable bonds is 2. The normalized spacial score (nSPS) is 19.2. The Morgan fingerprint density at radius 2 is 2.12 bits per heavy atom. The van der Waals surface area contributed by atoms with Gasteiger partial charge in [-0.1, -0.05) is 12.1 Å². The van der Waals surface area contributed by atoms with Gasteiger partial charge in [-0.2, -0.15) is 13.2 Å². The fourth-order valence-electron chi connectivity index (χ4n) is 2.67. The van der Waals surface area contributed by atoms with Crippen molar-refractivity contribution < 1.29 is 22.7 Å². The number of nitrogens with zero attached hydrogens (tertiary/aromatic N) is 2. The van der Waals surface area contributed by atoms with E-state index in [-0.39, 0.29) is 23.6 Å². The Hall–Kier alpha value is -2.35. The monoisotopic (exact) mass is 339 g/mol. The molecule has 5 nitrogen and oxygen atoms in total. The summed E-state index contributed by atoms with van der Waals surface area (Å²) in [7, 11) is 1.92. The Morgan fingerprint density at radius 3 is 2.71 bits per heavy atom. The van der Waals surface area contributed by atoms with Crippen molar-refractivity contribution in [2.45, 2.75) is 12.6 Å². The minimum absolute atomic E-state index is 0.0241. The van der Waals surface area contributed by atoms with Crippen LogP contribution in [0.5, 0.6) is 0 Å². The first-order chi connectivity index (χ1) is 11.3. The molecule has 0 spiro atoms. The van der Waals surface area contributed by atoms with Gasteiger partial charge in [0.25, 0.3) is 5.91 Å². The van der Waals surface area contributed by atoms with Gasteiger partial charge in [-0.15, -0.1) is 5.10 Å². The molecular weight excluding hydrogens is 323 g/mol. The van der Waals surface area contributed by atoms with Crippen molar-refractivity contribution in [3.05, 3.63) is 41.0 Å². The van der Waals surface area contributed by atoms with Crippen molar-refractivity contribution in [3.63, 3.8) is 0 Å². The second kappa shape index (κ2) is 6.27. The lowest BCUT2D eigenvalue weighted by Gasteiger charge is -2.24. The van der Waals surface area contributed by atoms with Crippen LogP contribution in [0.25, 0.3) is 5.57 Å². The van der Waals surface area contributed by atoms with Crippen LogP contribution in [-0.4, -0.2) is 43.4 Å². The summed E-state index contributed by atoms with van der Waals surface area (Å²) in [5.41, 5.74) is 2.52. The molecule has 2 heterocycles. The number of alkyl halides is 3. The second-order valence-corrected chi connectivity index (χ2v) is 5.74. The third-order valence-corrected chi connectivity index (χ3v) is 3.95. The molecule has 8 heteroatoms. The van der Waals surface area contributed by atoms with Gasteiger partial charge >= 0.3 is 6.18 Å². The number of nitrogens with one attached hydrogen (secondary N) is 1. The molecule has 1 aromatic rings. The lowest BCUT2D eigenvalue weighted by molar-refractivity contribution is -0.137. The maximum absolute atomic E-state index is 13.5. The topological polar surface area (TPSA) is 53.9 Å². The smallest absolute Gasteiger partial charge is 0.417 e. The molecule has 0 radical (unpaired) electrons. The van der Waals surface area contributed by atoms with Crippen LogP contribution in [0.15, 0.2) is 29.4 Å². The van der Waals surface area contributed by atoms with Gasteiger partial charge in [0, 0.05) is 18.7 Å². The number of halogens is 3. The number of likely N-dealkylation sites (N-methyl/N-ethyl adjacent to an activating group) is 1. The molecular formula is C16H16F3N3O2. The van der Waals surface area contributed by atoms with Crippen molar-refractivity contribution >= 4 is 17.4 Å². The highest BCUT2D eigenvalue weighted by atomic mass is 19.4. The molecule has 1 N–H and O–H groups in total. The summed E-state index contributed by atoms with van der Waals surface area (Å²) in [6, 6.07) is 3.99. The van der Waals surface area contributed by atoms with E-state index < -0.39 is 17.6 Å². The number of carbonyl (C=O) groups is 1. The van der Waals surface area contributed by atoms with E-state index in [1.807, 2.05) is 18.0 Å². The highest BCUT2D eigenvalue weighted by Crippen LogP contribution is 2.37.